The maximum absolute atomic E-state index is 3.92. The molecule has 0 aromatic rings. The second kappa shape index (κ2) is 4.27. The Kier molecular flexibility index (Phi) is 4.17. The van der Waals surface area contributed by atoms with E-state index < -0.39 is 8.07 Å². The molecule has 1 heteroatoms. The van der Waals surface area contributed by atoms with E-state index in [2.05, 4.69) is 59.6 Å². The Hall–Kier alpha value is -0.303. The Morgan fingerprint density at radius 2 is 1.62 bits per heavy atom. The van der Waals surface area contributed by atoms with E-state index in [9.17, 15) is 0 Å². The van der Waals surface area contributed by atoms with Crippen LogP contribution in [0.2, 0.25) is 23.2 Å². The van der Waals surface area contributed by atoms with Crippen LogP contribution in [-0.2, 0) is 0 Å². The van der Waals surface area contributed by atoms with Gasteiger partial charge >= 0.3 is 0 Å². The van der Waals surface area contributed by atoms with E-state index in [0.29, 0.717) is 10.6 Å². The number of rotatable bonds is 4. The highest BCUT2D eigenvalue weighted by molar-refractivity contribution is 6.83. The molecule has 0 amide bonds. The summed E-state index contributed by atoms with van der Waals surface area (Å²) in [6.07, 6.45) is 4.15. The molecule has 0 fully saturated rings. The summed E-state index contributed by atoms with van der Waals surface area (Å²) in [5.74, 6) is 0. The third-order valence-corrected chi connectivity index (χ3v) is 10.5. The molecule has 0 bridgehead atoms. The smallest absolute Gasteiger partial charge is 0.0668 e. The van der Waals surface area contributed by atoms with E-state index in [1.54, 1.807) is 0 Å². The molecule has 0 saturated carbocycles. The van der Waals surface area contributed by atoms with Gasteiger partial charge in [0.05, 0.1) is 8.07 Å². The predicted octanol–water partition coefficient (Wildman–Crippen LogP) is 4.63. The Bertz CT molecular complexity index is 180. The minimum Gasteiger partial charge on any atom is -0.103 e. The molecule has 0 nitrogen and oxygen atoms in total. The molecule has 0 aromatic carbocycles. The van der Waals surface area contributed by atoms with Gasteiger partial charge in [-0.1, -0.05) is 52.4 Å². The van der Waals surface area contributed by atoms with E-state index in [-0.39, 0.29) is 0 Å². The summed E-state index contributed by atoms with van der Waals surface area (Å²) in [5, 5.41) is 0.425. The summed E-state index contributed by atoms with van der Waals surface area (Å²) in [4.78, 5) is 0. The normalized spacial score (nSPS) is 16.8. The molecule has 1 unspecified atom stereocenters. The van der Waals surface area contributed by atoms with Gasteiger partial charge in [-0.05, 0) is 10.6 Å². The van der Waals surface area contributed by atoms with Gasteiger partial charge < -0.3 is 0 Å². The van der Waals surface area contributed by atoms with E-state index in [0.717, 1.165) is 0 Å². The summed E-state index contributed by atoms with van der Waals surface area (Å²) in [6.45, 7) is 19.7. The Morgan fingerprint density at radius 1 is 1.23 bits per heavy atom. The molecule has 76 valence electrons. The van der Waals surface area contributed by atoms with Crippen molar-refractivity contribution in [2.45, 2.75) is 50.9 Å². The summed E-state index contributed by atoms with van der Waals surface area (Å²) in [5.41, 5.74) is 0.539. The van der Waals surface area contributed by atoms with Crippen molar-refractivity contribution < 1.29 is 0 Å². The third-order valence-electron chi connectivity index (χ3n) is 3.69. The lowest BCUT2D eigenvalue weighted by molar-refractivity contribution is 0.702. The summed E-state index contributed by atoms with van der Waals surface area (Å²) in [7, 11) is -1.29. The van der Waals surface area contributed by atoms with Crippen molar-refractivity contribution in [3.63, 3.8) is 0 Å². The highest BCUT2D eigenvalue weighted by atomic mass is 28.3. The lowest BCUT2D eigenvalue weighted by Gasteiger charge is -2.43. The zero-order valence-corrected chi connectivity index (χ0v) is 10.9. The second-order valence-corrected chi connectivity index (χ2v) is 10.7. The molecule has 0 saturated heterocycles. The van der Waals surface area contributed by atoms with Crippen molar-refractivity contribution in [3.05, 3.63) is 25.3 Å². The Morgan fingerprint density at radius 3 is 1.69 bits per heavy atom. The fraction of sp³-hybridized carbons (Fsp3) is 0.667. The van der Waals surface area contributed by atoms with Gasteiger partial charge in [0.15, 0.2) is 0 Å². The van der Waals surface area contributed by atoms with Crippen LogP contribution in [0.3, 0.4) is 0 Å². The molecule has 0 aromatic heterocycles. The van der Waals surface area contributed by atoms with Crippen LogP contribution in [0, 0.1) is 0 Å². The largest absolute Gasteiger partial charge is 0.103 e. The first kappa shape index (κ1) is 12.7. The molecule has 0 aliphatic carbocycles. The van der Waals surface area contributed by atoms with Crippen molar-refractivity contribution in [2.75, 3.05) is 0 Å². The predicted molar refractivity (Wildman–Crippen MR) is 66.0 cm³/mol. The molecule has 0 aliphatic rings. The van der Waals surface area contributed by atoms with Crippen molar-refractivity contribution in [3.8, 4) is 0 Å². The standard InChI is InChI=1S/C12H24Si/c1-8-11(9-2)13(7,10-3)12(4,5)6/h8-9,11H,1-2,10H2,3-7H3. The minimum absolute atomic E-state index is 0.425. The topological polar surface area (TPSA) is 0 Å². The van der Waals surface area contributed by atoms with Crippen LogP contribution in [0.15, 0.2) is 25.3 Å². The van der Waals surface area contributed by atoms with Crippen LogP contribution in [0.4, 0.5) is 0 Å². The first-order valence-electron chi connectivity index (χ1n) is 5.08. The first-order valence-corrected chi connectivity index (χ1v) is 7.87. The van der Waals surface area contributed by atoms with Crippen LogP contribution < -0.4 is 0 Å². The first-order chi connectivity index (χ1) is 5.83. The van der Waals surface area contributed by atoms with Crippen LogP contribution >= 0.6 is 0 Å². The average molecular weight is 196 g/mol. The van der Waals surface area contributed by atoms with Crippen LogP contribution in [0.5, 0.6) is 0 Å². The maximum atomic E-state index is 3.92. The van der Waals surface area contributed by atoms with Crippen molar-refractivity contribution in [1.29, 1.82) is 0 Å². The van der Waals surface area contributed by atoms with Gasteiger partial charge in [-0.25, -0.2) is 0 Å². The zero-order valence-electron chi connectivity index (χ0n) is 9.85. The third kappa shape index (κ3) is 2.34. The van der Waals surface area contributed by atoms with Gasteiger partial charge in [-0.15, -0.1) is 13.2 Å². The summed E-state index contributed by atoms with van der Waals surface area (Å²) >= 11 is 0. The lowest BCUT2D eigenvalue weighted by Crippen LogP contribution is -2.43. The van der Waals surface area contributed by atoms with Gasteiger partial charge in [0.2, 0.25) is 0 Å². The van der Waals surface area contributed by atoms with E-state index >= 15 is 0 Å². The molecule has 0 rings (SSSR count). The van der Waals surface area contributed by atoms with Crippen LogP contribution in [0.1, 0.15) is 27.7 Å². The van der Waals surface area contributed by atoms with Gasteiger partial charge in [0.1, 0.15) is 0 Å². The molecule has 1 atom stereocenters. The van der Waals surface area contributed by atoms with Gasteiger partial charge in [-0.3, -0.25) is 0 Å². The van der Waals surface area contributed by atoms with E-state index in [1.807, 2.05) is 0 Å². The van der Waals surface area contributed by atoms with Crippen molar-refractivity contribution in [1.82, 2.24) is 0 Å². The maximum Gasteiger partial charge on any atom is 0.0668 e. The molecule has 13 heavy (non-hydrogen) atoms. The number of allylic oxidation sites excluding steroid dienone is 2. The fourth-order valence-electron chi connectivity index (χ4n) is 1.88. The SMILES string of the molecule is C=CC(C=C)[Si](C)(CC)C(C)(C)C. The van der Waals surface area contributed by atoms with Gasteiger partial charge in [0, 0.05) is 0 Å². The van der Waals surface area contributed by atoms with Crippen molar-refractivity contribution >= 4 is 8.07 Å². The second-order valence-electron chi connectivity index (χ2n) is 5.02. The molecule has 0 aliphatic heterocycles. The highest BCUT2D eigenvalue weighted by Crippen LogP contribution is 2.46. The van der Waals surface area contributed by atoms with Crippen molar-refractivity contribution in [2.24, 2.45) is 0 Å². The Balaban J connectivity index is 5.02. The molecule has 0 spiro atoms. The summed E-state index contributed by atoms with van der Waals surface area (Å²) < 4.78 is 0. The number of hydrogen-bond acceptors (Lipinski definition) is 0. The van der Waals surface area contributed by atoms with Gasteiger partial charge in [-0.2, -0.15) is 0 Å². The quantitative estimate of drug-likeness (QED) is 0.454. The minimum atomic E-state index is -1.29. The Labute approximate surface area is 84.8 Å². The lowest BCUT2D eigenvalue weighted by atomic mass is 10.2. The molecular weight excluding hydrogens is 172 g/mol. The molecule has 0 heterocycles. The zero-order chi connectivity index (χ0) is 10.7. The number of hydrogen-bond donors (Lipinski definition) is 0. The van der Waals surface area contributed by atoms with E-state index in [1.165, 1.54) is 6.04 Å². The molecule has 0 N–H and O–H groups in total. The molecule has 0 radical (unpaired) electrons. The van der Waals surface area contributed by atoms with Crippen LogP contribution in [0.25, 0.3) is 0 Å². The highest BCUT2D eigenvalue weighted by Gasteiger charge is 2.41. The van der Waals surface area contributed by atoms with Crippen LogP contribution in [-0.4, -0.2) is 8.07 Å². The van der Waals surface area contributed by atoms with Gasteiger partial charge in [0.25, 0.3) is 0 Å². The average Bonchev–Trinajstić information content (AvgIpc) is 2.04. The monoisotopic (exact) mass is 196 g/mol. The molecular formula is C12H24Si. The summed E-state index contributed by atoms with van der Waals surface area (Å²) in [6, 6.07) is 1.29. The fourth-order valence-corrected chi connectivity index (χ4v) is 5.45. The van der Waals surface area contributed by atoms with E-state index in [4.69, 9.17) is 0 Å².